The van der Waals surface area contributed by atoms with Gasteiger partial charge in [-0.2, -0.15) is 4.31 Å². The first kappa shape index (κ1) is 11.3. The molecule has 2 atom stereocenters. The van der Waals surface area contributed by atoms with Crippen molar-refractivity contribution in [2.45, 2.75) is 30.6 Å². The van der Waals surface area contributed by atoms with E-state index in [4.69, 9.17) is 0 Å². The highest BCUT2D eigenvalue weighted by molar-refractivity contribution is 7.89. The van der Waals surface area contributed by atoms with Crippen molar-refractivity contribution in [2.24, 2.45) is 0 Å². The molecule has 0 amide bonds. The summed E-state index contributed by atoms with van der Waals surface area (Å²) >= 11 is 0. The smallest absolute Gasteiger partial charge is 0.218 e. The molecule has 2 heterocycles. The van der Waals surface area contributed by atoms with Gasteiger partial charge in [0.25, 0.3) is 0 Å². The molecule has 2 rings (SSSR count). The molecule has 0 saturated carbocycles. The molecular formula is C9H18N2O3S. The second-order valence-electron chi connectivity index (χ2n) is 4.74. The van der Waals surface area contributed by atoms with Gasteiger partial charge in [-0.15, -0.1) is 0 Å². The standard InChI is InChI=1S/C9H18N2O3S/c1-9(12)3-5-11(7-9)15(13,14)8-2-4-10-6-8/h8,10,12H,2-7H2,1H3. The minimum atomic E-state index is -3.20. The van der Waals surface area contributed by atoms with Gasteiger partial charge >= 0.3 is 0 Å². The number of aliphatic hydroxyl groups is 1. The molecule has 2 fully saturated rings. The molecule has 0 aromatic heterocycles. The molecule has 0 aliphatic carbocycles. The van der Waals surface area contributed by atoms with Crippen molar-refractivity contribution in [3.8, 4) is 0 Å². The van der Waals surface area contributed by atoms with Crippen LogP contribution in [0.25, 0.3) is 0 Å². The summed E-state index contributed by atoms with van der Waals surface area (Å²) in [6.45, 7) is 3.70. The molecule has 88 valence electrons. The van der Waals surface area contributed by atoms with Gasteiger partial charge in [0, 0.05) is 19.6 Å². The van der Waals surface area contributed by atoms with Crippen LogP contribution in [0.2, 0.25) is 0 Å². The Labute approximate surface area is 90.5 Å². The van der Waals surface area contributed by atoms with E-state index in [0.717, 1.165) is 6.54 Å². The van der Waals surface area contributed by atoms with E-state index in [1.54, 1.807) is 6.92 Å². The summed E-state index contributed by atoms with van der Waals surface area (Å²) < 4.78 is 25.6. The molecule has 0 bridgehead atoms. The second kappa shape index (κ2) is 3.69. The normalized spacial score (nSPS) is 38.7. The van der Waals surface area contributed by atoms with Gasteiger partial charge in [0.2, 0.25) is 10.0 Å². The maximum absolute atomic E-state index is 12.1. The summed E-state index contributed by atoms with van der Waals surface area (Å²) in [4.78, 5) is 0. The van der Waals surface area contributed by atoms with Crippen LogP contribution in [0.4, 0.5) is 0 Å². The van der Waals surface area contributed by atoms with Crippen molar-refractivity contribution >= 4 is 10.0 Å². The highest BCUT2D eigenvalue weighted by Crippen LogP contribution is 2.26. The Morgan fingerprint density at radius 1 is 1.53 bits per heavy atom. The SMILES string of the molecule is CC1(O)CCN(S(=O)(=O)C2CCNC2)C1. The fourth-order valence-corrected chi connectivity index (χ4v) is 4.18. The van der Waals surface area contributed by atoms with Crippen LogP contribution in [0.3, 0.4) is 0 Å². The molecule has 2 unspecified atom stereocenters. The number of nitrogens with one attached hydrogen (secondary N) is 1. The van der Waals surface area contributed by atoms with Crippen molar-refractivity contribution in [3.63, 3.8) is 0 Å². The molecule has 15 heavy (non-hydrogen) atoms. The van der Waals surface area contributed by atoms with E-state index in [-0.39, 0.29) is 11.8 Å². The zero-order valence-electron chi connectivity index (χ0n) is 8.94. The number of nitrogens with zero attached hydrogens (tertiary/aromatic N) is 1. The summed E-state index contributed by atoms with van der Waals surface area (Å²) in [5, 5.41) is 12.5. The fraction of sp³-hybridized carbons (Fsp3) is 1.00. The Morgan fingerprint density at radius 2 is 2.27 bits per heavy atom. The number of rotatable bonds is 2. The van der Waals surface area contributed by atoms with Crippen LogP contribution in [-0.2, 0) is 10.0 Å². The molecule has 6 heteroatoms. The summed E-state index contributed by atoms with van der Waals surface area (Å²) in [7, 11) is -3.20. The molecular weight excluding hydrogens is 216 g/mol. The quantitative estimate of drug-likeness (QED) is 0.652. The lowest BCUT2D eigenvalue weighted by Gasteiger charge is -2.21. The van der Waals surface area contributed by atoms with Gasteiger partial charge in [0.05, 0.1) is 10.9 Å². The van der Waals surface area contributed by atoms with Crippen LogP contribution >= 0.6 is 0 Å². The topological polar surface area (TPSA) is 69.6 Å². The Hall–Kier alpha value is -0.170. The number of sulfonamides is 1. The molecule has 2 N–H and O–H groups in total. The van der Waals surface area contributed by atoms with Gasteiger partial charge in [0.15, 0.2) is 0 Å². The molecule has 2 aliphatic heterocycles. The van der Waals surface area contributed by atoms with Crippen LogP contribution in [0.1, 0.15) is 19.8 Å². The Kier molecular flexibility index (Phi) is 2.79. The van der Waals surface area contributed by atoms with Gasteiger partial charge in [0.1, 0.15) is 0 Å². The maximum atomic E-state index is 12.1. The molecule has 5 nitrogen and oxygen atoms in total. The third kappa shape index (κ3) is 2.18. The van der Waals surface area contributed by atoms with Gasteiger partial charge in [-0.1, -0.05) is 0 Å². The second-order valence-corrected chi connectivity index (χ2v) is 6.95. The average molecular weight is 234 g/mol. The Bertz CT molecular complexity index is 333. The highest BCUT2D eigenvalue weighted by atomic mass is 32.2. The van der Waals surface area contributed by atoms with E-state index >= 15 is 0 Å². The predicted molar refractivity (Wildman–Crippen MR) is 57.0 cm³/mol. The highest BCUT2D eigenvalue weighted by Gasteiger charge is 2.41. The van der Waals surface area contributed by atoms with Crippen molar-refractivity contribution in [3.05, 3.63) is 0 Å². The van der Waals surface area contributed by atoms with E-state index in [0.29, 0.717) is 25.9 Å². The van der Waals surface area contributed by atoms with Crippen molar-refractivity contribution in [1.29, 1.82) is 0 Å². The van der Waals surface area contributed by atoms with Crippen LogP contribution in [0, 0.1) is 0 Å². The maximum Gasteiger partial charge on any atom is 0.218 e. The van der Waals surface area contributed by atoms with Crippen molar-refractivity contribution in [2.75, 3.05) is 26.2 Å². The minimum Gasteiger partial charge on any atom is -0.389 e. The van der Waals surface area contributed by atoms with Gasteiger partial charge in [-0.25, -0.2) is 8.42 Å². The first-order chi connectivity index (χ1) is 6.92. The van der Waals surface area contributed by atoms with Gasteiger partial charge in [-0.3, -0.25) is 0 Å². The molecule has 0 radical (unpaired) electrons. The summed E-state index contributed by atoms with van der Waals surface area (Å²) in [6, 6.07) is 0. The monoisotopic (exact) mass is 234 g/mol. The molecule has 0 spiro atoms. The van der Waals surface area contributed by atoms with E-state index in [1.807, 2.05) is 0 Å². The van der Waals surface area contributed by atoms with Gasteiger partial charge < -0.3 is 10.4 Å². The lowest BCUT2D eigenvalue weighted by atomic mass is 10.1. The largest absolute Gasteiger partial charge is 0.389 e. The fourth-order valence-electron chi connectivity index (χ4n) is 2.21. The van der Waals surface area contributed by atoms with E-state index in [1.165, 1.54) is 4.31 Å². The lowest BCUT2D eigenvalue weighted by Crippen LogP contribution is -2.40. The third-order valence-electron chi connectivity index (χ3n) is 3.21. The van der Waals surface area contributed by atoms with Crippen LogP contribution in [0.5, 0.6) is 0 Å². The lowest BCUT2D eigenvalue weighted by molar-refractivity contribution is 0.0762. The number of hydrogen-bond donors (Lipinski definition) is 2. The van der Waals surface area contributed by atoms with Crippen LogP contribution in [-0.4, -0.2) is 54.9 Å². The summed E-state index contributed by atoms with van der Waals surface area (Å²) in [6.07, 6.45) is 1.22. The first-order valence-corrected chi connectivity index (χ1v) is 6.84. The Balaban J connectivity index is 2.10. The number of hydrogen-bond acceptors (Lipinski definition) is 4. The van der Waals surface area contributed by atoms with Crippen molar-refractivity contribution < 1.29 is 13.5 Å². The minimum absolute atomic E-state index is 0.242. The summed E-state index contributed by atoms with van der Waals surface area (Å²) in [5.41, 5.74) is -0.848. The van der Waals surface area contributed by atoms with Gasteiger partial charge in [-0.05, 0) is 26.3 Å². The molecule has 0 aromatic rings. The molecule has 2 saturated heterocycles. The van der Waals surface area contributed by atoms with Crippen LogP contribution in [0.15, 0.2) is 0 Å². The average Bonchev–Trinajstić information content (AvgIpc) is 2.72. The first-order valence-electron chi connectivity index (χ1n) is 5.34. The van der Waals surface area contributed by atoms with E-state index in [9.17, 15) is 13.5 Å². The zero-order valence-corrected chi connectivity index (χ0v) is 9.76. The van der Waals surface area contributed by atoms with E-state index in [2.05, 4.69) is 5.32 Å². The summed E-state index contributed by atoms with van der Waals surface area (Å²) in [5.74, 6) is 0. The molecule has 0 aromatic carbocycles. The number of β-amino-alcohol motifs (C(OH)–C–C–N with tert-alkyl or cyclic N) is 1. The van der Waals surface area contributed by atoms with Crippen molar-refractivity contribution in [1.82, 2.24) is 9.62 Å². The molecule has 2 aliphatic rings. The van der Waals surface area contributed by atoms with Crippen LogP contribution < -0.4 is 5.32 Å². The zero-order chi connectivity index (χ0) is 11.1. The third-order valence-corrected chi connectivity index (χ3v) is 5.49. The van der Waals surface area contributed by atoms with E-state index < -0.39 is 15.6 Å². The Morgan fingerprint density at radius 3 is 2.73 bits per heavy atom. The predicted octanol–water partition coefficient (Wildman–Crippen LogP) is -0.865.